The molecule has 0 aliphatic rings. The van der Waals surface area contributed by atoms with Gasteiger partial charge in [-0.05, 0) is 0 Å². The molecule has 0 aliphatic heterocycles. The lowest BCUT2D eigenvalue weighted by atomic mass is 10.4. The minimum Gasteiger partial charge on any atom is -0.395 e. The van der Waals surface area contributed by atoms with Crippen molar-refractivity contribution in [2.24, 2.45) is 10.7 Å². The standard InChI is InChI=1S/C6H10F3N3/c1-11-5(12-2)3-4(10)6(7,8)9/h3H,10H2,1-2H3,(H,11,12)/b4-3-. The Bertz CT molecular complexity index is 205. The van der Waals surface area contributed by atoms with E-state index in [0.29, 0.717) is 0 Å². The fourth-order valence-electron chi connectivity index (χ4n) is 0.478. The molecule has 3 N–H and O–H groups in total. The van der Waals surface area contributed by atoms with Crippen molar-refractivity contribution < 1.29 is 13.2 Å². The topological polar surface area (TPSA) is 50.4 Å². The molecule has 0 aliphatic carbocycles. The molecule has 0 amide bonds. The van der Waals surface area contributed by atoms with Gasteiger partial charge in [0.25, 0.3) is 0 Å². The highest BCUT2D eigenvalue weighted by Gasteiger charge is 2.31. The summed E-state index contributed by atoms with van der Waals surface area (Å²) >= 11 is 0. The molecule has 0 aromatic carbocycles. The molecule has 0 radical (unpaired) electrons. The number of amidine groups is 1. The molecular formula is C6H10F3N3. The SMILES string of the molecule is CN=C(/C=C(\N)C(F)(F)F)NC. The van der Waals surface area contributed by atoms with Gasteiger partial charge in [0.15, 0.2) is 0 Å². The van der Waals surface area contributed by atoms with Gasteiger partial charge in [-0.1, -0.05) is 0 Å². The van der Waals surface area contributed by atoms with E-state index >= 15 is 0 Å². The van der Waals surface area contributed by atoms with E-state index < -0.39 is 11.9 Å². The van der Waals surface area contributed by atoms with Gasteiger partial charge in [-0.15, -0.1) is 0 Å². The number of nitrogens with zero attached hydrogens (tertiary/aromatic N) is 1. The van der Waals surface area contributed by atoms with Crippen LogP contribution in [0.4, 0.5) is 13.2 Å². The lowest BCUT2D eigenvalue weighted by Gasteiger charge is -2.06. The van der Waals surface area contributed by atoms with Crippen LogP contribution in [0.25, 0.3) is 0 Å². The second-order valence-corrected chi connectivity index (χ2v) is 1.96. The molecule has 0 fully saturated rings. The van der Waals surface area contributed by atoms with Gasteiger partial charge >= 0.3 is 6.18 Å². The minimum atomic E-state index is -4.49. The number of nitrogens with one attached hydrogen (secondary N) is 1. The lowest BCUT2D eigenvalue weighted by Crippen LogP contribution is -2.24. The normalized spacial score (nSPS) is 14.8. The van der Waals surface area contributed by atoms with Crippen molar-refractivity contribution >= 4 is 5.84 Å². The summed E-state index contributed by atoms with van der Waals surface area (Å²) in [6, 6.07) is 0. The third-order valence-corrected chi connectivity index (χ3v) is 1.12. The highest BCUT2D eigenvalue weighted by atomic mass is 19.4. The molecule has 12 heavy (non-hydrogen) atoms. The van der Waals surface area contributed by atoms with Crippen molar-refractivity contribution in [1.82, 2.24) is 5.32 Å². The molecule has 3 nitrogen and oxygen atoms in total. The monoisotopic (exact) mass is 181 g/mol. The van der Waals surface area contributed by atoms with E-state index in [0.717, 1.165) is 6.08 Å². The highest BCUT2D eigenvalue weighted by molar-refractivity contribution is 5.93. The number of allylic oxidation sites excluding steroid dienone is 1. The Morgan fingerprint density at radius 2 is 2.00 bits per heavy atom. The Morgan fingerprint density at radius 1 is 1.50 bits per heavy atom. The summed E-state index contributed by atoms with van der Waals surface area (Å²) in [6.07, 6.45) is -3.76. The van der Waals surface area contributed by atoms with Crippen LogP contribution in [0.2, 0.25) is 0 Å². The maximum absolute atomic E-state index is 11.8. The van der Waals surface area contributed by atoms with E-state index in [1.54, 1.807) is 0 Å². The van der Waals surface area contributed by atoms with E-state index in [-0.39, 0.29) is 5.84 Å². The summed E-state index contributed by atoms with van der Waals surface area (Å²) in [5, 5.41) is 2.45. The predicted octanol–water partition coefficient (Wildman–Crippen LogP) is 0.639. The van der Waals surface area contributed by atoms with Crippen molar-refractivity contribution in [3.05, 3.63) is 11.8 Å². The Labute approximate surface area is 68.2 Å². The van der Waals surface area contributed by atoms with Crippen molar-refractivity contribution in [3.8, 4) is 0 Å². The van der Waals surface area contributed by atoms with Crippen LogP contribution >= 0.6 is 0 Å². The first-order valence-electron chi connectivity index (χ1n) is 3.10. The Hall–Kier alpha value is -1.20. The number of hydrogen-bond donors (Lipinski definition) is 2. The molecule has 0 rings (SSSR count). The first kappa shape index (κ1) is 10.8. The van der Waals surface area contributed by atoms with Gasteiger partial charge in [0.05, 0.1) is 0 Å². The van der Waals surface area contributed by atoms with Crippen LogP contribution in [0.5, 0.6) is 0 Å². The summed E-state index contributed by atoms with van der Waals surface area (Å²) in [5.41, 5.74) is 3.55. The second kappa shape index (κ2) is 3.99. The van der Waals surface area contributed by atoms with Crippen LogP contribution in [0.3, 0.4) is 0 Å². The number of alkyl halides is 3. The maximum atomic E-state index is 11.8. The lowest BCUT2D eigenvalue weighted by molar-refractivity contribution is -0.0925. The zero-order valence-corrected chi connectivity index (χ0v) is 6.74. The average molecular weight is 181 g/mol. The van der Waals surface area contributed by atoms with Crippen LogP contribution in [0.15, 0.2) is 16.8 Å². The molecule has 0 saturated carbocycles. The van der Waals surface area contributed by atoms with E-state index in [1.807, 2.05) is 0 Å². The quantitative estimate of drug-likeness (QED) is 0.460. The molecule has 0 unspecified atom stereocenters. The van der Waals surface area contributed by atoms with Gasteiger partial charge in [0.2, 0.25) is 0 Å². The van der Waals surface area contributed by atoms with Crippen LogP contribution in [0, 0.1) is 0 Å². The third-order valence-electron chi connectivity index (χ3n) is 1.12. The zero-order valence-electron chi connectivity index (χ0n) is 6.74. The molecular weight excluding hydrogens is 171 g/mol. The molecule has 0 bridgehead atoms. The minimum absolute atomic E-state index is 0.0878. The van der Waals surface area contributed by atoms with Crippen LogP contribution < -0.4 is 11.1 Å². The van der Waals surface area contributed by atoms with E-state index in [1.165, 1.54) is 14.1 Å². The molecule has 6 heteroatoms. The van der Waals surface area contributed by atoms with Crippen molar-refractivity contribution in [1.29, 1.82) is 0 Å². The zero-order chi connectivity index (χ0) is 9.78. The first-order chi connectivity index (χ1) is 5.41. The van der Waals surface area contributed by atoms with Crippen molar-refractivity contribution in [3.63, 3.8) is 0 Å². The molecule has 70 valence electrons. The van der Waals surface area contributed by atoms with Gasteiger partial charge in [0.1, 0.15) is 11.5 Å². The highest BCUT2D eigenvalue weighted by Crippen LogP contribution is 2.20. The number of nitrogens with two attached hydrogens (primary N) is 1. The third kappa shape index (κ3) is 3.27. The Balaban J connectivity index is 4.56. The summed E-state index contributed by atoms with van der Waals surface area (Å²) < 4.78 is 35.4. The summed E-state index contributed by atoms with van der Waals surface area (Å²) in [6.45, 7) is 0. The summed E-state index contributed by atoms with van der Waals surface area (Å²) in [7, 11) is 2.83. The molecule has 0 saturated heterocycles. The fraction of sp³-hybridized carbons (Fsp3) is 0.500. The number of aliphatic imine (C=N–C) groups is 1. The smallest absolute Gasteiger partial charge is 0.395 e. The largest absolute Gasteiger partial charge is 0.430 e. The van der Waals surface area contributed by atoms with Crippen molar-refractivity contribution in [2.75, 3.05) is 14.1 Å². The Kier molecular flexibility index (Phi) is 3.59. The number of rotatable bonds is 1. The fourth-order valence-corrected chi connectivity index (χ4v) is 0.478. The van der Waals surface area contributed by atoms with Crippen LogP contribution in [-0.2, 0) is 0 Å². The number of likely N-dealkylation sites (N-methyl/N-ethyl adjacent to an activating group) is 1. The van der Waals surface area contributed by atoms with Crippen molar-refractivity contribution in [2.45, 2.75) is 6.18 Å². The molecule has 0 atom stereocenters. The number of halogens is 3. The van der Waals surface area contributed by atoms with E-state index in [4.69, 9.17) is 5.73 Å². The molecule has 0 spiro atoms. The van der Waals surface area contributed by atoms with Crippen LogP contribution in [0.1, 0.15) is 0 Å². The number of hydrogen-bond acceptors (Lipinski definition) is 2. The van der Waals surface area contributed by atoms with Gasteiger partial charge in [-0.3, -0.25) is 4.99 Å². The van der Waals surface area contributed by atoms with Gasteiger partial charge in [-0.2, -0.15) is 13.2 Å². The molecule has 0 heterocycles. The summed E-state index contributed by atoms with van der Waals surface area (Å²) in [4.78, 5) is 3.51. The van der Waals surface area contributed by atoms with E-state index in [9.17, 15) is 13.2 Å². The van der Waals surface area contributed by atoms with Gasteiger partial charge in [-0.25, -0.2) is 0 Å². The Morgan fingerprint density at radius 3 is 2.25 bits per heavy atom. The first-order valence-corrected chi connectivity index (χ1v) is 3.10. The van der Waals surface area contributed by atoms with Gasteiger partial charge in [0, 0.05) is 20.2 Å². The molecule has 0 aromatic heterocycles. The average Bonchev–Trinajstić information content (AvgIpc) is 1.97. The second-order valence-electron chi connectivity index (χ2n) is 1.96. The maximum Gasteiger partial charge on any atom is 0.430 e. The van der Waals surface area contributed by atoms with Gasteiger partial charge < -0.3 is 11.1 Å². The van der Waals surface area contributed by atoms with Crippen LogP contribution in [-0.4, -0.2) is 26.1 Å². The summed E-state index contributed by atoms with van der Waals surface area (Å²) in [5.74, 6) is 0.0878. The predicted molar refractivity (Wildman–Crippen MR) is 40.7 cm³/mol. The molecule has 0 aromatic rings. The van der Waals surface area contributed by atoms with E-state index in [2.05, 4.69) is 10.3 Å².